The number of carbonyl (C=O) groups is 1. The summed E-state index contributed by atoms with van der Waals surface area (Å²) in [5.41, 5.74) is 2.79. The Balaban J connectivity index is 1.47. The maximum atomic E-state index is 11.6. The lowest BCUT2D eigenvalue weighted by atomic mass is 10.2. The number of unbranched alkanes of at least 4 members (excludes halogenated alkanes) is 3. The molecule has 3 rings (SSSR count). The smallest absolute Gasteiger partial charge is 0.246 e. The Kier molecular flexibility index (Phi) is 9.36. The Morgan fingerprint density at radius 2 is 1.85 bits per heavy atom. The third-order valence-electron chi connectivity index (χ3n) is 5.57. The molecule has 0 unspecified atom stereocenters. The molecule has 176 valence electrons. The molecule has 1 heterocycles. The number of hydrogen-bond acceptors (Lipinski definition) is 4. The molecule has 2 aromatic carbocycles. The molecule has 0 aliphatic carbocycles. The number of nitrogens with zero attached hydrogens (tertiary/aromatic N) is 2. The van der Waals surface area contributed by atoms with E-state index in [4.69, 9.17) is 14.5 Å². The number of fused-ring (bicyclic) bond motifs is 1. The summed E-state index contributed by atoms with van der Waals surface area (Å²) in [4.78, 5) is 16.4. The number of imidazole rings is 1. The highest BCUT2D eigenvalue weighted by atomic mass is 16.5. The average molecular weight is 450 g/mol. The molecule has 0 spiro atoms. The van der Waals surface area contributed by atoms with E-state index in [1.54, 1.807) is 14.0 Å². The molecule has 0 atom stereocenters. The van der Waals surface area contributed by atoms with Crippen LogP contribution in [-0.4, -0.2) is 35.7 Å². The van der Waals surface area contributed by atoms with Crippen molar-refractivity contribution in [2.24, 2.45) is 0 Å². The fourth-order valence-electron chi connectivity index (χ4n) is 3.76. The summed E-state index contributed by atoms with van der Waals surface area (Å²) in [7, 11) is 1.66. The van der Waals surface area contributed by atoms with E-state index in [9.17, 15) is 4.79 Å². The SMILES string of the molecule is C=C(C)C(=O)NCCCCCc1nc2ccccc2n1CCCCOc1cccc(OC)c1. The number of amides is 1. The Bertz CT molecular complexity index is 1060. The Hall–Kier alpha value is -3.28. The first-order chi connectivity index (χ1) is 16.1. The van der Waals surface area contributed by atoms with Crippen LogP contribution in [0.15, 0.2) is 60.7 Å². The molecule has 6 heteroatoms. The van der Waals surface area contributed by atoms with Gasteiger partial charge in [0.25, 0.3) is 0 Å². The maximum absolute atomic E-state index is 11.6. The van der Waals surface area contributed by atoms with E-state index in [1.807, 2.05) is 30.3 Å². The van der Waals surface area contributed by atoms with Crippen LogP contribution in [0.25, 0.3) is 11.0 Å². The zero-order valence-electron chi connectivity index (χ0n) is 19.8. The molecule has 0 saturated heterocycles. The Labute approximate surface area is 196 Å². The molecule has 1 aromatic heterocycles. The van der Waals surface area contributed by atoms with Crippen LogP contribution in [-0.2, 0) is 17.8 Å². The summed E-state index contributed by atoms with van der Waals surface area (Å²) >= 11 is 0. The van der Waals surface area contributed by atoms with E-state index in [0.29, 0.717) is 18.7 Å². The quantitative estimate of drug-likeness (QED) is 0.268. The topological polar surface area (TPSA) is 65.4 Å². The zero-order valence-corrected chi connectivity index (χ0v) is 19.8. The number of rotatable bonds is 14. The van der Waals surface area contributed by atoms with Gasteiger partial charge in [0.2, 0.25) is 5.91 Å². The fraction of sp³-hybridized carbons (Fsp3) is 0.407. The van der Waals surface area contributed by atoms with Crippen molar-refractivity contribution in [2.75, 3.05) is 20.3 Å². The molecule has 0 aliphatic rings. The summed E-state index contributed by atoms with van der Waals surface area (Å²) in [5, 5.41) is 2.89. The van der Waals surface area contributed by atoms with Gasteiger partial charge in [-0.05, 0) is 56.9 Å². The summed E-state index contributed by atoms with van der Waals surface area (Å²) in [6.07, 6.45) is 5.97. The van der Waals surface area contributed by atoms with Crippen molar-refractivity contribution in [3.8, 4) is 11.5 Å². The summed E-state index contributed by atoms with van der Waals surface area (Å²) < 4.78 is 13.5. The molecular weight excluding hydrogens is 414 g/mol. The van der Waals surface area contributed by atoms with E-state index >= 15 is 0 Å². The minimum atomic E-state index is -0.0628. The van der Waals surface area contributed by atoms with Crippen LogP contribution in [0.4, 0.5) is 0 Å². The molecule has 1 amide bonds. The molecule has 0 fully saturated rings. The van der Waals surface area contributed by atoms with Crippen molar-refractivity contribution >= 4 is 16.9 Å². The second-order valence-corrected chi connectivity index (χ2v) is 8.25. The van der Waals surface area contributed by atoms with Gasteiger partial charge in [0.05, 0.1) is 24.8 Å². The standard InChI is InChI=1S/C27H35N3O3/c1-21(2)27(31)28-17-8-4-5-16-26-29-24-14-6-7-15-25(24)30(26)18-9-10-19-33-23-13-11-12-22(20-23)32-3/h6-7,11-15,20H,1,4-5,8-10,16-19H2,2-3H3,(H,28,31). The van der Waals surface area contributed by atoms with Crippen LogP contribution in [0.1, 0.15) is 44.9 Å². The minimum absolute atomic E-state index is 0.0628. The lowest BCUT2D eigenvalue weighted by molar-refractivity contribution is -0.117. The van der Waals surface area contributed by atoms with Gasteiger partial charge in [-0.15, -0.1) is 0 Å². The van der Waals surface area contributed by atoms with Crippen molar-refractivity contribution in [2.45, 2.75) is 52.0 Å². The molecule has 0 saturated carbocycles. The monoisotopic (exact) mass is 449 g/mol. The summed E-state index contributed by atoms with van der Waals surface area (Å²) in [6.45, 7) is 7.67. The normalized spacial score (nSPS) is 10.8. The molecule has 0 aliphatic heterocycles. The first-order valence-electron chi connectivity index (χ1n) is 11.7. The number of benzene rings is 2. The van der Waals surface area contributed by atoms with Gasteiger partial charge in [0.15, 0.2) is 0 Å². The molecule has 3 aromatic rings. The van der Waals surface area contributed by atoms with E-state index in [0.717, 1.165) is 67.9 Å². The van der Waals surface area contributed by atoms with Crippen LogP contribution in [0.2, 0.25) is 0 Å². The van der Waals surface area contributed by atoms with Crippen LogP contribution in [0, 0.1) is 0 Å². The van der Waals surface area contributed by atoms with Crippen molar-refractivity contribution in [1.29, 1.82) is 0 Å². The third-order valence-corrected chi connectivity index (χ3v) is 5.57. The third kappa shape index (κ3) is 7.38. The van der Waals surface area contributed by atoms with Crippen molar-refractivity contribution in [3.05, 3.63) is 66.5 Å². The summed E-state index contributed by atoms with van der Waals surface area (Å²) in [5.74, 6) is 2.71. The highest BCUT2D eigenvalue weighted by molar-refractivity contribution is 5.92. The molecule has 1 N–H and O–H groups in total. The van der Waals surface area contributed by atoms with Gasteiger partial charge in [0.1, 0.15) is 17.3 Å². The second-order valence-electron chi connectivity index (χ2n) is 8.25. The average Bonchev–Trinajstić information content (AvgIpc) is 3.18. The van der Waals surface area contributed by atoms with E-state index in [-0.39, 0.29) is 5.91 Å². The van der Waals surface area contributed by atoms with Crippen LogP contribution in [0.5, 0.6) is 11.5 Å². The molecule has 6 nitrogen and oxygen atoms in total. The van der Waals surface area contributed by atoms with Gasteiger partial charge in [-0.1, -0.05) is 31.2 Å². The molecule has 0 radical (unpaired) electrons. The number of ether oxygens (including phenoxy) is 2. The van der Waals surface area contributed by atoms with Gasteiger partial charge in [-0.25, -0.2) is 4.98 Å². The van der Waals surface area contributed by atoms with Crippen LogP contribution in [0.3, 0.4) is 0 Å². The van der Waals surface area contributed by atoms with Gasteiger partial charge < -0.3 is 19.4 Å². The van der Waals surface area contributed by atoms with Crippen molar-refractivity contribution < 1.29 is 14.3 Å². The van der Waals surface area contributed by atoms with E-state index in [1.165, 1.54) is 5.52 Å². The molecule has 0 bridgehead atoms. The predicted octanol–water partition coefficient (Wildman–Crippen LogP) is 5.31. The molecular formula is C27H35N3O3. The van der Waals surface area contributed by atoms with E-state index in [2.05, 4.69) is 34.7 Å². The highest BCUT2D eigenvalue weighted by Crippen LogP contribution is 2.20. The predicted molar refractivity (Wildman–Crippen MR) is 133 cm³/mol. The van der Waals surface area contributed by atoms with Gasteiger partial charge >= 0.3 is 0 Å². The second kappa shape index (κ2) is 12.7. The zero-order chi connectivity index (χ0) is 23.5. The number of methoxy groups -OCH3 is 1. The largest absolute Gasteiger partial charge is 0.497 e. The first-order valence-corrected chi connectivity index (χ1v) is 11.7. The number of nitrogens with one attached hydrogen (secondary N) is 1. The number of hydrogen-bond donors (Lipinski definition) is 1. The van der Waals surface area contributed by atoms with Gasteiger partial charge in [0, 0.05) is 31.1 Å². The Morgan fingerprint density at radius 1 is 1.03 bits per heavy atom. The van der Waals surface area contributed by atoms with Crippen molar-refractivity contribution in [3.63, 3.8) is 0 Å². The lowest BCUT2D eigenvalue weighted by Crippen LogP contribution is -2.24. The van der Waals surface area contributed by atoms with Crippen LogP contribution >= 0.6 is 0 Å². The van der Waals surface area contributed by atoms with Gasteiger partial charge in [-0.3, -0.25) is 4.79 Å². The number of aromatic nitrogens is 2. The Morgan fingerprint density at radius 3 is 2.67 bits per heavy atom. The fourth-order valence-corrected chi connectivity index (χ4v) is 3.76. The van der Waals surface area contributed by atoms with Crippen molar-refractivity contribution in [1.82, 2.24) is 14.9 Å². The maximum Gasteiger partial charge on any atom is 0.246 e. The number of para-hydroxylation sites is 2. The van der Waals surface area contributed by atoms with E-state index < -0.39 is 0 Å². The first kappa shape index (κ1) is 24.4. The number of aryl methyl sites for hydroxylation is 2. The highest BCUT2D eigenvalue weighted by Gasteiger charge is 2.10. The minimum Gasteiger partial charge on any atom is -0.497 e. The number of carbonyl (C=O) groups excluding carboxylic acids is 1. The molecule has 33 heavy (non-hydrogen) atoms. The lowest BCUT2D eigenvalue weighted by Gasteiger charge is -2.11. The van der Waals surface area contributed by atoms with Gasteiger partial charge in [-0.2, -0.15) is 0 Å². The summed E-state index contributed by atoms with van der Waals surface area (Å²) in [6, 6.07) is 16.0. The van der Waals surface area contributed by atoms with Crippen LogP contribution < -0.4 is 14.8 Å².